The van der Waals surface area contributed by atoms with Crippen LogP contribution in [-0.2, 0) is 4.79 Å². The summed E-state index contributed by atoms with van der Waals surface area (Å²) in [6, 6.07) is 0. The van der Waals surface area contributed by atoms with E-state index in [0.29, 0.717) is 12.2 Å². The van der Waals surface area contributed by atoms with Gasteiger partial charge >= 0.3 is 0 Å². The molecule has 6 heteroatoms. The molecule has 0 spiro atoms. The number of nitrogens with one attached hydrogen (secondary N) is 2. The SMILES string of the molecule is CCN(CC)CCNC(=O)C1=CN2C=C(I)C=CC2N1. The molecule has 5 nitrogen and oxygen atoms in total. The lowest BCUT2D eigenvalue weighted by Crippen LogP contribution is -2.39. The van der Waals surface area contributed by atoms with Crippen molar-refractivity contribution < 1.29 is 4.79 Å². The lowest BCUT2D eigenvalue weighted by atomic mass is 10.3. The van der Waals surface area contributed by atoms with Gasteiger partial charge in [0.2, 0.25) is 0 Å². The molecule has 0 fully saturated rings. The number of carbonyl (C=O) groups is 1. The molecule has 110 valence electrons. The van der Waals surface area contributed by atoms with Crippen LogP contribution in [0.1, 0.15) is 13.8 Å². The number of amides is 1. The molecule has 2 aliphatic heterocycles. The summed E-state index contributed by atoms with van der Waals surface area (Å²) in [5, 5.41) is 6.17. The number of nitrogens with zero attached hydrogens (tertiary/aromatic N) is 2. The first kappa shape index (κ1) is 15.4. The van der Waals surface area contributed by atoms with Gasteiger partial charge in [0, 0.05) is 29.1 Å². The van der Waals surface area contributed by atoms with E-state index >= 15 is 0 Å². The quantitative estimate of drug-likeness (QED) is 0.675. The molecule has 20 heavy (non-hydrogen) atoms. The Hall–Kier alpha value is -1.02. The fraction of sp³-hybridized carbons (Fsp3) is 0.500. The van der Waals surface area contributed by atoms with Gasteiger partial charge in [-0.1, -0.05) is 13.8 Å². The van der Waals surface area contributed by atoms with Gasteiger partial charge in [-0.2, -0.15) is 0 Å². The van der Waals surface area contributed by atoms with Crippen LogP contribution >= 0.6 is 22.6 Å². The van der Waals surface area contributed by atoms with Crippen LogP contribution in [0.15, 0.2) is 33.8 Å². The zero-order valence-corrected chi connectivity index (χ0v) is 14.1. The Balaban J connectivity index is 1.82. The van der Waals surface area contributed by atoms with Crippen molar-refractivity contribution in [1.29, 1.82) is 0 Å². The van der Waals surface area contributed by atoms with Gasteiger partial charge in [-0.15, -0.1) is 0 Å². The van der Waals surface area contributed by atoms with Crippen LogP contribution in [0.4, 0.5) is 0 Å². The summed E-state index contributed by atoms with van der Waals surface area (Å²) in [6.45, 7) is 7.84. The minimum atomic E-state index is -0.0386. The average Bonchev–Trinajstić information content (AvgIpc) is 2.86. The maximum absolute atomic E-state index is 12.1. The summed E-state index contributed by atoms with van der Waals surface area (Å²) in [7, 11) is 0. The van der Waals surface area contributed by atoms with Crippen LogP contribution < -0.4 is 10.6 Å². The van der Waals surface area contributed by atoms with Gasteiger partial charge in [0.1, 0.15) is 11.9 Å². The molecule has 0 bridgehead atoms. The van der Waals surface area contributed by atoms with Gasteiger partial charge in [0.15, 0.2) is 0 Å². The van der Waals surface area contributed by atoms with Crippen molar-refractivity contribution in [3.63, 3.8) is 0 Å². The molecule has 0 radical (unpaired) electrons. The Labute approximate surface area is 133 Å². The molecule has 0 saturated carbocycles. The molecule has 0 aromatic carbocycles. The van der Waals surface area contributed by atoms with Crippen molar-refractivity contribution in [3.05, 3.63) is 33.8 Å². The standard InChI is InChI=1S/C14H21IN4O/c1-3-18(4-2)8-7-16-14(20)12-10-19-9-11(15)5-6-13(19)17-12/h5-6,9-10,13,17H,3-4,7-8H2,1-2H3,(H,16,20). The second-order valence-corrected chi connectivity index (χ2v) is 5.98. The van der Waals surface area contributed by atoms with Crippen molar-refractivity contribution >= 4 is 28.5 Å². The summed E-state index contributed by atoms with van der Waals surface area (Å²) >= 11 is 2.27. The summed E-state index contributed by atoms with van der Waals surface area (Å²) < 4.78 is 1.15. The molecule has 0 aromatic rings. The number of rotatable bonds is 6. The average molecular weight is 388 g/mol. The molecular formula is C14H21IN4O. The lowest BCUT2D eigenvalue weighted by molar-refractivity contribution is -0.117. The van der Waals surface area contributed by atoms with Crippen LogP contribution in [-0.4, -0.2) is 48.1 Å². The largest absolute Gasteiger partial charge is 0.356 e. The Morgan fingerprint density at radius 3 is 2.90 bits per heavy atom. The normalized spacial score (nSPS) is 20.4. The van der Waals surface area contributed by atoms with Gasteiger partial charge in [-0.05, 0) is 47.8 Å². The van der Waals surface area contributed by atoms with Crippen LogP contribution in [0.3, 0.4) is 0 Å². The number of fused-ring (bicyclic) bond motifs is 1. The number of likely N-dealkylation sites (N-methyl/N-ethyl adjacent to an activating group) is 1. The van der Waals surface area contributed by atoms with Crippen molar-refractivity contribution in [2.45, 2.75) is 20.0 Å². The minimum absolute atomic E-state index is 0.0386. The third kappa shape index (κ3) is 3.76. The molecule has 1 atom stereocenters. The van der Waals surface area contributed by atoms with Crippen LogP contribution in [0.5, 0.6) is 0 Å². The molecule has 0 saturated heterocycles. The van der Waals surface area contributed by atoms with E-state index in [1.54, 1.807) is 0 Å². The highest BCUT2D eigenvalue weighted by Gasteiger charge is 2.25. The highest BCUT2D eigenvalue weighted by atomic mass is 127. The van der Waals surface area contributed by atoms with E-state index in [0.717, 1.165) is 23.2 Å². The predicted octanol–water partition coefficient (Wildman–Crippen LogP) is 1.36. The van der Waals surface area contributed by atoms with E-state index in [1.165, 1.54) is 0 Å². The van der Waals surface area contributed by atoms with Crippen LogP contribution in [0, 0.1) is 0 Å². The molecule has 2 rings (SSSR count). The van der Waals surface area contributed by atoms with Crippen molar-refractivity contribution in [2.24, 2.45) is 0 Å². The fourth-order valence-corrected chi connectivity index (χ4v) is 2.75. The third-order valence-electron chi connectivity index (χ3n) is 3.47. The lowest BCUT2D eigenvalue weighted by Gasteiger charge is -2.22. The van der Waals surface area contributed by atoms with Gasteiger partial charge in [0.25, 0.3) is 5.91 Å². The maximum Gasteiger partial charge on any atom is 0.268 e. The minimum Gasteiger partial charge on any atom is -0.356 e. The summed E-state index contributed by atoms with van der Waals surface area (Å²) in [6.07, 6.45) is 8.05. The molecule has 2 aliphatic rings. The number of allylic oxidation sites excluding steroid dienone is 2. The molecule has 1 unspecified atom stereocenters. The first-order valence-electron chi connectivity index (χ1n) is 6.96. The number of hydrogen-bond acceptors (Lipinski definition) is 4. The van der Waals surface area contributed by atoms with Gasteiger partial charge < -0.3 is 20.4 Å². The Kier molecular flexibility index (Phi) is 5.47. The Bertz CT molecular complexity index is 454. The monoisotopic (exact) mass is 388 g/mol. The second-order valence-electron chi connectivity index (χ2n) is 4.74. The number of halogens is 1. The van der Waals surface area contributed by atoms with E-state index in [9.17, 15) is 4.79 Å². The summed E-state index contributed by atoms with van der Waals surface area (Å²) in [5.74, 6) is -0.0386. The van der Waals surface area contributed by atoms with Crippen LogP contribution in [0.25, 0.3) is 0 Å². The first-order chi connectivity index (χ1) is 9.63. The molecule has 2 N–H and O–H groups in total. The van der Waals surface area contributed by atoms with Crippen LogP contribution in [0.2, 0.25) is 0 Å². The zero-order valence-electron chi connectivity index (χ0n) is 11.9. The van der Waals surface area contributed by atoms with Crippen molar-refractivity contribution in [2.75, 3.05) is 26.2 Å². The predicted molar refractivity (Wildman–Crippen MR) is 88.9 cm³/mol. The van der Waals surface area contributed by atoms with Crippen molar-refractivity contribution in [3.8, 4) is 0 Å². The van der Waals surface area contributed by atoms with E-state index in [2.05, 4.69) is 58.0 Å². The molecule has 0 aliphatic carbocycles. The van der Waals surface area contributed by atoms with E-state index in [4.69, 9.17) is 0 Å². The Morgan fingerprint density at radius 2 is 2.20 bits per heavy atom. The number of carbonyl (C=O) groups excluding carboxylic acids is 1. The maximum atomic E-state index is 12.1. The molecule has 2 heterocycles. The zero-order chi connectivity index (χ0) is 14.5. The van der Waals surface area contributed by atoms with Gasteiger partial charge in [-0.3, -0.25) is 4.79 Å². The van der Waals surface area contributed by atoms with E-state index < -0.39 is 0 Å². The highest BCUT2D eigenvalue weighted by Crippen LogP contribution is 2.22. The third-order valence-corrected chi connectivity index (χ3v) is 4.10. The summed E-state index contributed by atoms with van der Waals surface area (Å²) in [4.78, 5) is 16.4. The highest BCUT2D eigenvalue weighted by molar-refractivity contribution is 14.1. The number of hydrogen-bond donors (Lipinski definition) is 2. The topological polar surface area (TPSA) is 47.6 Å². The molecular weight excluding hydrogens is 367 g/mol. The second kappa shape index (κ2) is 7.12. The molecule has 1 amide bonds. The van der Waals surface area contributed by atoms with Gasteiger partial charge in [-0.25, -0.2) is 0 Å². The van der Waals surface area contributed by atoms with Gasteiger partial charge in [0.05, 0.1) is 0 Å². The fourth-order valence-electron chi connectivity index (χ4n) is 2.22. The first-order valence-corrected chi connectivity index (χ1v) is 8.03. The van der Waals surface area contributed by atoms with Crippen molar-refractivity contribution in [1.82, 2.24) is 20.4 Å². The van der Waals surface area contributed by atoms with E-state index in [-0.39, 0.29) is 12.1 Å². The smallest absolute Gasteiger partial charge is 0.268 e. The molecule has 0 aromatic heterocycles. The Morgan fingerprint density at radius 1 is 1.45 bits per heavy atom. The summed E-state index contributed by atoms with van der Waals surface area (Å²) in [5.41, 5.74) is 0.626. The van der Waals surface area contributed by atoms with E-state index in [1.807, 2.05) is 23.4 Å².